The molecule has 1 heterocycles. The minimum absolute atomic E-state index is 0.0911. The minimum atomic E-state index is -0.507. The third kappa shape index (κ3) is 2.94. The summed E-state index contributed by atoms with van der Waals surface area (Å²) in [6, 6.07) is 0. The first-order chi connectivity index (χ1) is 6.62. The van der Waals surface area contributed by atoms with Crippen LogP contribution in [0, 0.1) is 5.41 Å². The summed E-state index contributed by atoms with van der Waals surface area (Å²) in [5, 5.41) is 0. The highest BCUT2D eigenvalue weighted by Crippen LogP contribution is 2.26. The van der Waals surface area contributed by atoms with E-state index in [0.717, 1.165) is 0 Å². The van der Waals surface area contributed by atoms with Crippen LogP contribution in [0.2, 0.25) is 0 Å². The van der Waals surface area contributed by atoms with Gasteiger partial charge in [-0.1, -0.05) is 13.8 Å². The predicted molar refractivity (Wildman–Crippen MR) is 56.6 cm³/mol. The molecular formula is C11H19NO3. The number of carbonyl (C=O) groups excluding carboxylic acids is 2. The Balaban J connectivity index is 2.62. The molecule has 86 valence electrons. The first-order valence-electron chi connectivity index (χ1n) is 5.13. The standard InChI is InChI=1S/C11H19NO3/c1-10(2,3)15-9(14)12-6-8(13)11(4,5)7-12/h6-7H2,1-5H3. The average Bonchev–Trinajstić information content (AvgIpc) is 2.23. The van der Waals surface area contributed by atoms with Gasteiger partial charge < -0.3 is 4.74 Å². The molecule has 0 bridgehead atoms. The molecule has 0 radical (unpaired) electrons. The number of Topliss-reactive ketones (excluding diaryl/α,β-unsaturated/α-hetero) is 1. The fourth-order valence-electron chi connectivity index (χ4n) is 1.46. The lowest BCUT2D eigenvalue weighted by Gasteiger charge is -2.24. The summed E-state index contributed by atoms with van der Waals surface area (Å²) < 4.78 is 5.20. The first kappa shape index (κ1) is 12.0. The Morgan fingerprint density at radius 1 is 1.40 bits per heavy atom. The van der Waals surface area contributed by atoms with Crippen molar-refractivity contribution in [3.05, 3.63) is 0 Å². The Morgan fingerprint density at radius 3 is 2.27 bits per heavy atom. The highest BCUT2D eigenvalue weighted by Gasteiger charge is 2.41. The third-order valence-corrected chi connectivity index (χ3v) is 2.33. The zero-order valence-electron chi connectivity index (χ0n) is 10.1. The number of nitrogens with zero attached hydrogens (tertiary/aromatic N) is 1. The molecule has 0 atom stereocenters. The lowest BCUT2D eigenvalue weighted by Crippen LogP contribution is -2.36. The molecule has 1 aliphatic rings. The van der Waals surface area contributed by atoms with E-state index in [1.165, 1.54) is 4.90 Å². The molecule has 1 rings (SSSR count). The summed E-state index contributed by atoms with van der Waals surface area (Å²) in [5.41, 5.74) is -0.941. The van der Waals surface area contributed by atoms with Gasteiger partial charge in [0.2, 0.25) is 0 Å². The topological polar surface area (TPSA) is 46.6 Å². The lowest BCUT2D eigenvalue weighted by molar-refractivity contribution is -0.123. The fraction of sp³-hybridized carbons (Fsp3) is 0.818. The Bertz CT molecular complexity index is 289. The van der Waals surface area contributed by atoms with Gasteiger partial charge in [-0.15, -0.1) is 0 Å². The lowest BCUT2D eigenvalue weighted by atomic mass is 9.92. The van der Waals surface area contributed by atoms with Gasteiger partial charge in [0.05, 0.1) is 6.54 Å². The molecule has 0 aromatic heterocycles. The van der Waals surface area contributed by atoms with Gasteiger partial charge in [0.1, 0.15) is 5.60 Å². The Labute approximate surface area is 90.6 Å². The Kier molecular flexibility index (Phi) is 2.81. The second-order valence-corrected chi connectivity index (χ2v) is 5.64. The minimum Gasteiger partial charge on any atom is -0.444 e. The number of likely N-dealkylation sites (tertiary alicyclic amines) is 1. The SMILES string of the molecule is CC(C)(C)OC(=O)N1CC(=O)C(C)(C)C1. The van der Waals surface area contributed by atoms with Crippen molar-refractivity contribution < 1.29 is 14.3 Å². The fourth-order valence-corrected chi connectivity index (χ4v) is 1.46. The average molecular weight is 213 g/mol. The molecular weight excluding hydrogens is 194 g/mol. The van der Waals surface area contributed by atoms with Gasteiger partial charge in [-0.25, -0.2) is 4.79 Å². The molecule has 0 aromatic carbocycles. The van der Waals surface area contributed by atoms with Crippen LogP contribution in [0.5, 0.6) is 0 Å². The number of amides is 1. The second kappa shape index (κ2) is 3.51. The second-order valence-electron chi connectivity index (χ2n) is 5.64. The van der Waals surface area contributed by atoms with Crippen LogP contribution >= 0.6 is 0 Å². The van der Waals surface area contributed by atoms with Crippen molar-refractivity contribution >= 4 is 11.9 Å². The van der Waals surface area contributed by atoms with Crippen molar-refractivity contribution in [3.8, 4) is 0 Å². The van der Waals surface area contributed by atoms with Crippen LogP contribution in [0.25, 0.3) is 0 Å². The molecule has 0 saturated carbocycles. The largest absolute Gasteiger partial charge is 0.444 e. The maximum Gasteiger partial charge on any atom is 0.410 e. The molecule has 15 heavy (non-hydrogen) atoms. The Morgan fingerprint density at radius 2 is 1.93 bits per heavy atom. The van der Waals surface area contributed by atoms with Crippen LogP contribution in [0.1, 0.15) is 34.6 Å². The normalized spacial score (nSPS) is 20.6. The molecule has 0 aromatic rings. The van der Waals surface area contributed by atoms with E-state index >= 15 is 0 Å². The van der Waals surface area contributed by atoms with Crippen molar-refractivity contribution in [3.63, 3.8) is 0 Å². The monoisotopic (exact) mass is 213 g/mol. The van der Waals surface area contributed by atoms with Crippen LogP contribution < -0.4 is 0 Å². The summed E-state index contributed by atoms with van der Waals surface area (Å²) in [7, 11) is 0. The molecule has 0 aliphatic carbocycles. The zero-order valence-corrected chi connectivity index (χ0v) is 10.1. The summed E-state index contributed by atoms with van der Waals surface area (Å²) in [5.74, 6) is 0.0911. The summed E-state index contributed by atoms with van der Waals surface area (Å²) in [4.78, 5) is 24.6. The number of rotatable bonds is 0. The molecule has 4 heteroatoms. The number of hydrogen-bond donors (Lipinski definition) is 0. The number of hydrogen-bond acceptors (Lipinski definition) is 3. The van der Waals surface area contributed by atoms with Gasteiger partial charge in [0, 0.05) is 12.0 Å². The van der Waals surface area contributed by atoms with E-state index in [1.54, 1.807) is 0 Å². The molecule has 4 nitrogen and oxygen atoms in total. The highest BCUT2D eigenvalue weighted by molar-refractivity contribution is 5.91. The Hall–Kier alpha value is -1.06. The smallest absolute Gasteiger partial charge is 0.410 e. The molecule has 0 spiro atoms. The van der Waals surface area contributed by atoms with E-state index in [-0.39, 0.29) is 12.3 Å². The molecule has 1 saturated heterocycles. The molecule has 1 fully saturated rings. The van der Waals surface area contributed by atoms with Gasteiger partial charge >= 0.3 is 6.09 Å². The molecule has 0 unspecified atom stereocenters. The van der Waals surface area contributed by atoms with E-state index in [9.17, 15) is 9.59 Å². The van der Waals surface area contributed by atoms with Crippen molar-refractivity contribution in [2.45, 2.75) is 40.2 Å². The summed E-state index contributed by atoms with van der Waals surface area (Å²) in [6.07, 6.45) is -0.401. The van der Waals surface area contributed by atoms with Crippen molar-refractivity contribution in [1.82, 2.24) is 4.90 Å². The summed E-state index contributed by atoms with van der Waals surface area (Å²) >= 11 is 0. The molecule has 1 amide bonds. The van der Waals surface area contributed by atoms with Crippen LogP contribution in [-0.4, -0.2) is 35.5 Å². The van der Waals surface area contributed by atoms with Crippen molar-refractivity contribution in [1.29, 1.82) is 0 Å². The quantitative estimate of drug-likeness (QED) is 0.616. The van der Waals surface area contributed by atoms with Gasteiger partial charge in [-0.3, -0.25) is 9.69 Å². The van der Waals surface area contributed by atoms with Crippen LogP contribution in [0.3, 0.4) is 0 Å². The predicted octanol–water partition coefficient (Wildman–Crippen LogP) is 1.83. The van der Waals surface area contributed by atoms with Gasteiger partial charge in [0.25, 0.3) is 0 Å². The number of ether oxygens (including phenoxy) is 1. The van der Waals surface area contributed by atoms with Gasteiger partial charge in [-0.05, 0) is 20.8 Å². The number of ketones is 1. The first-order valence-corrected chi connectivity index (χ1v) is 5.13. The van der Waals surface area contributed by atoms with Crippen LogP contribution in [-0.2, 0) is 9.53 Å². The van der Waals surface area contributed by atoms with E-state index in [2.05, 4.69) is 0 Å². The number of carbonyl (C=O) groups is 2. The summed E-state index contributed by atoms with van der Waals surface area (Å²) in [6.45, 7) is 9.75. The maximum atomic E-state index is 11.6. The highest BCUT2D eigenvalue weighted by atomic mass is 16.6. The van der Waals surface area contributed by atoms with Crippen molar-refractivity contribution in [2.75, 3.05) is 13.1 Å². The van der Waals surface area contributed by atoms with Gasteiger partial charge in [-0.2, -0.15) is 0 Å². The van der Waals surface area contributed by atoms with Crippen LogP contribution in [0.15, 0.2) is 0 Å². The van der Waals surface area contributed by atoms with Gasteiger partial charge in [0.15, 0.2) is 5.78 Å². The van der Waals surface area contributed by atoms with E-state index in [1.807, 2.05) is 34.6 Å². The van der Waals surface area contributed by atoms with Crippen molar-refractivity contribution in [2.24, 2.45) is 5.41 Å². The zero-order chi connectivity index (χ0) is 11.9. The van der Waals surface area contributed by atoms with E-state index < -0.39 is 17.1 Å². The molecule has 0 N–H and O–H groups in total. The van der Waals surface area contributed by atoms with E-state index in [4.69, 9.17) is 4.74 Å². The van der Waals surface area contributed by atoms with E-state index in [0.29, 0.717) is 6.54 Å². The van der Waals surface area contributed by atoms with Crippen LogP contribution in [0.4, 0.5) is 4.79 Å². The molecule has 1 aliphatic heterocycles. The maximum absolute atomic E-state index is 11.6. The third-order valence-electron chi connectivity index (χ3n) is 2.33.